The number of hydrogen-bond acceptors (Lipinski definition) is 3. The maximum Gasteiger partial charge on any atom is 0.406 e. The minimum absolute atomic E-state index is 0.0177. The number of amides is 1. The normalized spacial score (nSPS) is 11.2. The highest BCUT2D eigenvalue weighted by Crippen LogP contribution is 2.23. The maximum absolute atomic E-state index is 12.5. The number of anilines is 1. The molecule has 0 aliphatic carbocycles. The van der Waals surface area contributed by atoms with Gasteiger partial charge in [0.25, 0.3) is 5.91 Å². The minimum atomic E-state index is -4.44. The first-order chi connectivity index (χ1) is 9.28. The van der Waals surface area contributed by atoms with Gasteiger partial charge in [0, 0.05) is 18.3 Å². The van der Waals surface area contributed by atoms with Gasteiger partial charge in [0.1, 0.15) is 12.3 Å². The molecule has 1 aromatic carbocycles. The van der Waals surface area contributed by atoms with Crippen LogP contribution in [0.15, 0.2) is 18.2 Å². The lowest BCUT2D eigenvalue weighted by Crippen LogP contribution is -2.39. The fourth-order valence-electron chi connectivity index (χ4n) is 1.77. The summed E-state index contributed by atoms with van der Waals surface area (Å²) in [6.07, 6.45) is -4.01. The minimum Gasteiger partial charge on any atom is -0.497 e. The van der Waals surface area contributed by atoms with E-state index >= 15 is 0 Å². The molecule has 0 fully saturated rings. The van der Waals surface area contributed by atoms with Crippen LogP contribution in [0.3, 0.4) is 0 Å². The van der Waals surface area contributed by atoms with E-state index in [9.17, 15) is 18.0 Å². The largest absolute Gasteiger partial charge is 0.497 e. The molecule has 0 saturated carbocycles. The highest BCUT2D eigenvalue weighted by molar-refractivity contribution is 5.99. The molecule has 7 heteroatoms. The highest BCUT2D eigenvalue weighted by Gasteiger charge is 2.33. The lowest BCUT2D eigenvalue weighted by molar-refractivity contribution is -0.140. The van der Waals surface area contributed by atoms with Crippen LogP contribution in [0.5, 0.6) is 5.75 Å². The second-order valence-electron chi connectivity index (χ2n) is 4.30. The number of hydrogen-bond donors (Lipinski definition) is 1. The summed E-state index contributed by atoms with van der Waals surface area (Å²) in [5, 5.41) is 0. The average Bonchev–Trinajstić information content (AvgIpc) is 2.35. The summed E-state index contributed by atoms with van der Waals surface area (Å²) in [7, 11) is 1.43. The molecule has 2 N–H and O–H groups in total. The first kappa shape index (κ1) is 16.1. The van der Waals surface area contributed by atoms with E-state index in [4.69, 9.17) is 10.5 Å². The molecule has 0 saturated heterocycles. The van der Waals surface area contributed by atoms with Gasteiger partial charge in [-0.25, -0.2) is 0 Å². The SMILES string of the molecule is CCCN(CC(F)(F)F)C(=O)c1ccc(OC)cc1N. The van der Waals surface area contributed by atoms with Crippen LogP contribution < -0.4 is 10.5 Å². The van der Waals surface area contributed by atoms with Gasteiger partial charge in [-0.1, -0.05) is 6.92 Å². The number of nitrogens with zero attached hydrogens (tertiary/aromatic N) is 1. The van der Waals surface area contributed by atoms with Crippen molar-refractivity contribution in [1.29, 1.82) is 0 Å². The Hall–Kier alpha value is -1.92. The molecule has 0 aromatic heterocycles. The van der Waals surface area contributed by atoms with Gasteiger partial charge in [0.15, 0.2) is 0 Å². The van der Waals surface area contributed by atoms with Gasteiger partial charge in [-0.05, 0) is 18.6 Å². The van der Waals surface area contributed by atoms with Crippen molar-refractivity contribution < 1.29 is 22.7 Å². The molecule has 0 heterocycles. The van der Waals surface area contributed by atoms with Crippen LogP contribution >= 0.6 is 0 Å². The summed E-state index contributed by atoms with van der Waals surface area (Å²) in [6, 6.07) is 4.27. The number of nitrogen functional groups attached to an aromatic ring is 1. The lowest BCUT2D eigenvalue weighted by atomic mass is 10.1. The molecule has 4 nitrogen and oxygen atoms in total. The number of carbonyl (C=O) groups excluding carboxylic acids is 1. The Bertz CT molecular complexity index is 475. The Morgan fingerprint density at radius 2 is 2.05 bits per heavy atom. The van der Waals surface area contributed by atoms with Crippen molar-refractivity contribution in [2.24, 2.45) is 0 Å². The third-order valence-electron chi connectivity index (χ3n) is 2.64. The monoisotopic (exact) mass is 290 g/mol. The summed E-state index contributed by atoms with van der Waals surface area (Å²) >= 11 is 0. The Morgan fingerprint density at radius 1 is 1.40 bits per heavy atom. The van der Waals surface area contributed by atoms with E-state index in [1.165, 1.54) is 25.3 Å². The van der Waals surface area contributed by atoms with Crippen molar-refractivity contribution >= 4 is 11.6 Å². The molecule has 20 heavy (non-hydrogen) atoms. The summed E-state index contributed by atoms with van der Waals surface area (Å²) in [4.78, 5) is 12.9. The van der Waals surface area contributed by atoms with Gasteiger partial charge in [-0.15, -0.1) is 0 Å². The molecular formula is C13H17F3N2O2. The summed E-state index contributed by atoms with van der Waals surface area (Å²) < 4.78 is 42.4. The zero-order valence-electron chi connectivity index (χ0n) is 11.3. The van der Waals surface area contributed by atoms with Crippen LogP contribution in [0.1, 0.15) is 23.7 Å². The van der Waals surface area contributed by atoms with Gasteiger partial charge in [-0.2, -0.15) is 13.2 Å². The quantitative estimate of drug-likeness (QED) is 0.848. The van der Waals surface area contributed by atoms with Crippen LogP contribution in [-0.4, -0.2) is 37.2 Å². The van der Waals surface area contributed by atoms with Gasteiger partial charge in [0.2, 0.25) is 0 Å². The van der Waals surface area contributed by atoms with Gasteiger partial charge < -0.3 is 15.4 Å². The molecule has 0 unspecified atom stereocenters. The van der Waals surface area contributed by atoms with E-state index in [-0.39, 0.29) is 17.8 Å². The van der Waals surface area contributed by atoms with Gasteiger partial charge in [-0.3, -0.25) is 4.79 Å². The van der Waals surface area contributed by atoms with E-state index in [1.54, 1.807) is 6.92 Å². The number of carbonyl (C=O) groups is 1. The average molecular weight is 290 g/mol. The van der Waals surface area contributed by atoms with Gasteiger partial charge >= 0.3 is 6.18 Å². The van der Waals surface area contributed by atoms with Crippen LogP contribution in [0.2, 0.25) is 0 Å². The highest BCUT2D eigenvalue weighted by atomic mass is 19.4. The van der Waals surface area contributed by atoms with Crippen molar-refractivity contribution in [3.05, 3.63) is 23.8 Å². The van der Waals surface area contributed by atoms with Crippen LogP contribution in [0.4, 0.5) is 18.9 Å². The zero-order valence-corrected chi connectivity index (χ0v) is 11.3. The Kier molecular flexibility index (Phi) is 5.24. The van der Waals surface area contributed by atoms with Crippen molar-refractivity contribution in [2.75, 3.05) is 25.9 Å². The van der Waals surface area contributed by atoms with E-state index in [0.29, 0.717) is 12.2 Å². The molecule has 0 aliphatic rings. The van der Waals surface area contributed by atoms with Crippen LogP contribution in [-0.2, 0) is 0 Å². The third-order valence-corrected chi connectivity index (χ3v) is 2.64. The standard InChI is InChI=1S/C13H17F3N2O2/c1-3-6-18(8-13(14,15)16)12(19)10-5-4-9(20-2)7-11(10)17/h4-5,7H,3,6,8,17H2,1-2H3. The maximum atomic E-state index is 12.5. The summed E-state index contributed by atoms with van der Waals surface area (Å²) in [6.45, 7) is 0.434. The second kappa shape index (κ2) is 6.49. The van der Waals surface area contributed by atoms with Crippen molar-refractivity contribution in [2.45, 2.75) is 19.5 Å². The van der Waals surface area contributed by atoms with Gasteiger partial charge in [0.05, 0.1) is 12.7 Å². The Labute approximate surface area is 115 Å². The summed E-state index contributed by atoms with van der Waals surface area (Å²) in [5.41, 5.74) is 5.83. The molecule has 0 radical (unpaired) electrons. The fourth-order valence-corrected chi connectivity index (χ4v) is 1.77. The number of ether oxygens (including phenoxy) is 1. The number of alkyl halides is 3. The zero-order chi connectivity index (χ0) is 15.3. The fraction of sp³-hybridized carbons (Fsp3) is 0.462. The predicted octanol–water partition coefficient (Wildman–Crippen LogP) is 2.69. The summed E-state index contributed by atoms with van der Waals surface area (Å²) in [5.74, 6) is -0.291. The van der Waals surface area contributed by atoms with Crippen LogP contribution in [0.25, 0.3) is 0 Å². The molecular weight excluding hydrogens is 273 g/mol. The molecule has 0 aliphatic heterocycles. The number of halogens is 3. The molecule has 1 rings (SSSR count). The first-order valence-electron chi connectivity index (χ1n) is 6.08. The Balaban J connectivity index is 3.00. The van der Waals surface area contributed by atoms with Crippen LogP contribution in [0, 0.1) is 0 Å². The predicted molar refractivity (Wildman–Crippen MR) is 69.7 cm³/mol. The topological polar surface area (TPSA) is 55.6 Å². The molecule has 0 bridgehead atoms. The van der Waals surface area contributed by atoms with E-state index in [1.807, 2.05) is 0 Å². The van der Waals surface area contributed by atoms with Crippen molar-refractivity contribution in [3.63, 3.8) is 0 Å². The molecule has 0 spiro atoms. The number of rotatable bonds is 5. The van der Waals surface area contributed by atoms with E-state index in [2.05, 4.69) is 0 Å². The van der Waals surface area contributed by atoms with E-state index < -0.39 is 18.6 Å². The van der Waals surface area contributed by atoms with Crippen molar-refractivity contribution in [3.8, 4) is 5.75 Å². The Morgan fingerprint density at radius 3 is 2.50 bits per heavy atom. The van der Waals surface area contributed by atoms with Crippen molar-refractivity contribution in [1.82, 2.24) is 4.90 Å². The lowest BCUT2D eigenvalue weighted by Gasteiger charge is -2.24. The third kappa shape index (κ3) is 4.32. The number of benzene rings is 1. The second-order valence-corrected chi connectivity index (χ2v) is 4.30. The number of nitrogens with two attached hydrogens (primary N) is 1. The molecule has 1 aromatic rings. The number of methoxy groups -OCH3 is 1. The molecule has 0 atom stereocenters. The molecule has 1 amide bonds. The van der Waals surface area contributed by atoms with E-state index in [0.717, 1.165) is 4.90 Å². The smallest absolute Gasteiger partial charge is 0.406 e. The first-order valence-corrected chi connectivity index (χ1v) is 6.08. The molecule has 112 valence electrons.